The second-order valence-electron chi connectivity index (χ2n) is 5.50. The summed E-state index contributed by atoms with van der Waals surface area (Å²) in [5.41, 5.74) is 1.06. The van der Waals surface area contributed by atoms with Crippen LogP contribution >= 0.6 is 11.6 Å². The number of likely N-dealkylation sites (tertiary alicyclic amines) is 1. The van der Waals surface area contributed by atoms with E-state index in [0.717, 1.165) is 41.7 Å². The molecule has 4 heteroatoms. The van der Waals surface area contributed by atoms with Crippen LogP contribution in [0.2, 0.25) is 5.02 Å². The molecule has 0 bridgehead atoms. The number of hydrogen-bond acceptors (Lipinski definition) is 3. The molecule has 1 aliphatic rings. The van der Waals surface area contributed by atoms with Crippen molar-refractivity contribution < 1.29 is 4.42 Å². The molecule has 0 aliphatic carbocycles. The maximum atomic E-state index is 5.90. The Balaban J connectivity index is 1.47. The summed E-state index contributed by atoms with van der Waals surface area (Å²) in [6.45, 7) is 5.43. The molecule has 0 saturated carbocycles. The van der Waals surface area contributed by atoms with E-state index in [2.05, 4.69) is 10.2 Å². The molecule has 0 unspecified atom stereocenters. The lowest BCUT2D eigenvalue weighted by atomic mass is 10.2. The number of nitrogens with one attached hydrogen (secondary N) is 1. The summed E-state index contributed by atoms with van der Waals surface area (Å²) in [5.74, 6) is 1.87. The minimum atomic E-state index is 0.745. The molecule has 0 radical (unpaired) electrons. The van der Waals surface area contributed by atoms with E-state index in [9.17, 15) is 0 Å². The van der Waals surface area contributed by atoms with Gasteiger partial charge < -0.3 is 14.6 Å². The van der Waals surface area contributed by atoms with Crippen LogP contribution in [0.25, 0.3) is 11.3 Å². The number of rotatable bonds is 6. The summed E-state index contributed by atoms with van der Waals surface area (Å²) in [5, 5.41) is 4.19. The van der Waals surface area contributed by atoms with Gasteiger partial charge in [0.2, 0.25) is 0 Å². The predicted molar refractivity (Wildman–Crippen MR) is 86.5 cm³/mol. The van der Waals surface area contributed by atoms with E-state index in [1.54, 1.807) is 0 Å². The number of halogens is 1. The zero-order chi connectivity index (χ0) is 14.5. The summed E-state index contributed by atoms with van der Waals surface area (Å²) in [6.07, 6.45) is 2.70. The lowest BCUT2D eigenvalue weighted by Crippen LogP contribution is -2.29. The highest BCUT2D eigenvalue weighted by Gasteiger charge is 2.10. The van der Waals surface area contributed by atoms with Gasteiger partial charge in [-0.25, -0.2) is 0 Å². The molecule has 21 heavy (non-hydrogen) atoms. The van der Waals surface area contributed by atoms with Crippen molar-refractivity contribution in [2.75, 3.05) is 26.2 Å². The van der Waals surface area contributed by atoms with Crippen LogP contribution in [0.15, 0.2) is 40.8 Å². The average molecular weight is 305 g/mol. The van der Waals surface area contributed by atoms with Gasteiger partial charge in [-0.2, -0.15) is 0 Å². The topological polar surface area (TPSA) is 28.4 Å². The molecule has 3 rings (SSSR count). The van der Waals surface area contributed by atoms with Crippen molar-refractivity contribution in [3.05, 3.63) is 47.2 Å². The van der Waals surface area contributed by atoms with Gasteiger partial charge in [0.15, 0.2) is 0 Å². The van der Waals surface area contributed by atoms with Crippen LogP contribution in [-0.2, 0) is 6.54 Å². The van der Waals surface area contributed by atoms with Gasteiger partial charge >= 0.3 is 0 Å². The van der Waals surface area contributed by atoms with Crippen LogP contribution in [0.4, 0.5) is 0 Å². The molecule has 3 nitrogen and oxygen atoms in total. The molecule has 1 N–H and O–H groups in total. The Labute approximate surface area is 130 Å². The van der Waals surface area contributed by atoms with Crippen LogP contribution in [0.3, 0.4) is 0 Å². The van der Waals surface area contributed by atoms with Crippen LogP contribution in [0.5, 0.6) is 0 Å². The van der Waals surface area contributed by atoms with Crippen molar-refractivity contribution >= 4 is 11.6 Å². The van der Waals surface area contributed by atoms with Crippen molar-refractivity contribution in [1.82, 2.24) is 10.2 Å². The molecule has 1 aliphatic heterocycles. The average Bonchev–Trinajstić information content (AvgIpc) is 3.16. The summed E-state index contributed by atoms with van der Waals surface area (Å²) in [7, 11) is 0. The maximum Gasteiger partial charge on any atom is 0.134 e. The van der Waals surface area contributed by atoms with E-state index in [4.69, 9.17) is 16.0 Å². The minimum Gasteiger partial charge on any atom is -0.460 e. The van der Waals surface area contributed by atoms with Gasteiger partial charge in [-0.1, -0.05) is 11.6 Å². The van der Waals surface area contributed by atoms with E-state index in [-0.39, 0.29) is 0 Å². The van der Waals surface area contributed by atoms with Crippen molar-refractivity contribution in [3.8, 4) is 11.3 Å². The predicted octanol–water partition coefficient (Wildman–Crippen LogP) is 3.79. The number of benzene rings is 1. The van der Waals surface area contributed by atoms with Gasteiger partial charge in [-0.05, 0) is 62.3 Å². The molecule has 0 spiro atoms. The highest BCUT2D eigenvalue weighted by Crippen LogP contribution is 2.23. The largest absolute Gasteiger partial charge is 0.460 e. The van der Waals surface area contributed by atoms with Gasteiger partial charge in [0.25, 0.3) is 0 Å². The summed E-state index contributed by atoms with van der Waals surface area (Å²) in [6, 6.07) is 11.8. The molecule has 0 atom stereocenters. The SMILES string of the molecule is Clc1ccc(-c2ccc(CNCCN3CCCC3)o2)cc1. The Bertz CT molecular complexity index is 558. The Hall–Kier alpha value is -1.29. The van der Waals surface area contributed by atoms with Crippen molar-refractivity contribution in [3.63, 3.8) is 0 Å². The zero-order valence-electron chi connectivity index (χ0n) is 12.1. The fourth-order valence-electron chi connectivity index (χ4n) is 2.70. The molecule has 112 valence electrons. The first kappa shape index (κ1) is 14.6. The fraction of sp³-hybridized carbons (Fsp3) is 0.412. The molecule has 1 fully saturated rings. The number of hydrogen-bond donors (Lipinski definition) is 1. The van der Waals surface area contributed by atoms with Crippen LogP contribution in [-0.4, -0.2) is 31.1 Å². The monoisotopic (exact) mass is 304 g/mol. The van der Waals surface area contributed by atoms with E-state index in [0.29, 0.717) is 0 Å². The van der Waals surface area contributed by atoms with Gasteiger partial charge in [-0.15, -0.1) is 0 Å². The molecule has 2 heterocycles. The second-order valence-corrected chi connectivity index (χ2v) is 5.93. The van der Waals surface area contributed by atoms with E-state index in [1.807, 2.05) is 36.4 Å². The van der Waals surface area contributed by atoms with Crippen LogP contribution < -0.4 is 5.32 Å². The van der Waals surface area contributed by atoms with Gasteiger partial charge in [-0.3, -0.25) is 0 Å². The first-order valence-corrected chi connectivity index (χ1v) is 7.97. The van der Waals surface area contributed by atoms with Gasteiger partial charge in [0, 0.05) is 23.7 Å². The third kappa shape index (κ3) is 4.10. The Morgan fingerprint density at radius 3 is 2.57 bits per heavy atom. The molecule has 0 amide bonds. The third-order valence-electron chi connectivity index (χ3n) is 3.89. The van der Waals surface area contributed by atoms with Crippen molar-refractivity contribution in [1.29, 1.82) is 0 Å². The second kappa shape index (κ2) is 7.12. The molecule has 1 saturated heterocycles. The van der Waals surface area contributed by atoms with Crippen LogP contribution in [0, 0.1) is 0 Å². The first-order chi connectivity index (χ1) is 10.3. The molecule has 2 aromatic rings. The Kier molecular flexibility index (Phi) is 4.96. The molecular weight excluding hydrogens is 284 g/mol. The lowest BCUT2D eigenvalue weighted by molar-refractivity contribution is 0.333. The highest BCUT2D eigenvalue weighted by atomic mass is 35.5. The van der Waals surface area contributed by atoms with E-state index >= 15 is 0 Å². The van der Waals surface area contributed by atoms with E-state index in [1.165, 1.54) is 25.9 Å². The fourth-order valence-corrected chi connectivity index (χ4v) is 2.82. The lowest BCUT2D eigenvalue weighted by Gasteiger charge is -2.14. The number of furan rings is 1. The summed E-state index contributed by atoms with van der Waals surface area (Å²) < 4.78 is 5.86. The number of nitrogens with zero attached hydrogens (tertiary/aromatic N) is 1. The summed E-state index contributed by atoms with van der Waals surface area (Å²) >= 11 is 5.90. The minimum absolute atomic E-state index is 0.745. The van der Waals surface area contributed by atoms with Crippen LogP contribution in [0.1, 0.15) is 18.6 Å². The Morgan fingerprint density at radius 1 is 1.05 bits per heavy atom. The molecular formula is C17H21ClN2O. The highest BCUT2D eigenvalue weighted by molar-refractivity contribution is 6.30. The Morgan fingerprint density at radius 2 is 1.81 bits per heavy atom. The van der Waals surface area contributed by atoms with E-state index < -0.39 is 0 Å². The quantitative estimate of drug-likeness (QED) is 0.823. The first-order valence-electron chi connectivity index (χ1n) is 7.59. The van der Waals surface area contributed by atoms with Gasteiger partial charge in [0.05, 0.1) is 6.54 Å². The summed E-state index contributed by atoms with van der Waals surface area (Å²) in [4.78, 5) is 2.51. The normalized spacial score (nSPS) is 15.7. The standard InChI is InChI=1S/C17H21ClN2O/c18-15-5-3-14(4-6-15)17-8-7-16(21-17)13-19-9-12-20-10-1-2-11-20/h3-8,19H,1-2,9-13H2. The van der Waals surface area contributed by atoms with Crippen molar-refractivity contribution in [2.45, 2.75) is 19.4 Å². The molecule has 1 aromatic carbocycles. The maximum absolute atomic E-state index is 5.90. The smallest absolute Gasteiger partial charge is 0.134 e. The van der Waals surface area contributed by atoms with Crippen molar-refractivity contribution in [2.24, 2.45) is 0 Å². The zero-order valence-corrected chi connectivity index (χ0v) is 12.9. The molecule has 1 aromatic heterocycles. The third-order valence-corrected chi connectivity index (χ3v) is 4.15. The van der Waals surface area contributed by atoms with Gasteiger partial charge in [0.1, 0.15) is 11.5 Å².